The number of likely N-dealkylation sites (N-methyl/N-ethyl adjacent to an activating group) is 1. The smallest absolute Gasteiger partial charge is 0.332 e. The van der Waals surface area contributed by atoms with Gasteiger partial charge in [-0.05, 0) is 56.2 Å². The van der Waals surface area contributed by atoms with Gasteiger partial charge >= 0.3 is 6.03 Å². The molecule has 8 nitrogen and oxygen atoms in total. The second kappa shape index (κ2) is 8.58. The number of ether oxygens (including phenoxy) is 1. The number of aromatic nitrogens is 1. The molecule has 1 aromatic carbocycles. The maximum absolute atomic E-state index is 13.6. The van der Waals surface area contributed by atoms with Crippen molar-refractivity contribution in [1.82, 2.24) is 9.88 Å². The third-order valence-electron chi connectivity index (χ3n) is 6.81. The fourth-order valence-corrected chi connectivity index (χ4v) is 5.02. The molecule has 1 aromatic heterocycles. The summed E-state index contributed by atoms with van der Waals surface area (Å²) in [5, 5.41) is 3.30. The van der Waals surface area contributed by atoms with Gasteiger partial charge in [-0.1, -0.05) is 19.9 Å². The Balaban J connectivity index is 1.60. The van der Waals surface area contributed by atoms with Crippen molar-refractivity contribution in [2.75, 3.05) is 42.4 Å². The van der Waals surface area contributed by atoms with Crippen molar-refractivity contribution in [3.05, 3.63) is 47.7 Å². The highest BCUT2D eigenvalue weighted by Crippen LogP contribution is 2.43. The average Bonchev–Trinajstić information content (AvgIpc) is 3.09. The SMILES string of the molecule is COC[C@@H](C)Nc1cc(CN2C(=O)N(c3ccc4c(c3)N(C)CC4(C)C)C(=O)C2(C)C)ccn1. The molecule has 2 aliphatic heterocycles. The van der Waals surface area contributed by atoms with Gasteiger partial charge in [0, 0.05) is 50.6 Å². The summed E-state index contributed by atoms with van der Waals surface area (Å²) in [5.41, 5.74) is 2.86. The molecule has 3 heterocycles. The van der Waals surface area contributed by atoms with Crippen molar-refractivity contribution in [2.24, 2.45) is 0 Å². The van der Waals surface area contributed by atoms with Gasteiger partial charge in [-0.15, -0.1) is 0 Å². The number of carbonyl (C=O) groups excluding carboxylic acids is 2. The normalized spacial score (nSPS) is 19.6. The summed E-state index contributed by atoms with van der Waals surface area (Å²) in [6.07, 6.45) is 1.71. The fraction of sp³-hybridized carbons (Fsp3) is 0.500. The minimum atomic E-state index is -0.971. The third-order valence-corrected chi connectivity index (χ3v) is 6.81. The van der Waals surface area contributed by atoms with Crippen molar-refractivity contribution < 1.29 is 14.3 Å². The third kappa shape index (κ3) is 4.11. The largest absolute Gasteiger partial charge is 0.383 e. The van der Waals surface area contributed by atoms with Crippen molar-refractivity contribution in [3.8, 4) is 0 Å². The molecule has 2 aromatic rings. The Kier molecular flexibility index (Phi) is 6.06. The lowest BCUT2D eigenvalue weighted by molar-refractivity contribution is -0.123. The van der Waals surface area contributed by atoms with Crippen LogP contribution in [0, 0.1) is 0 Å². The van der Waals surface area contributed by atoms with Crippen LogP contribution < -0.4 is 15.1 Å². The van der Waals surface area contributed by atoms with E-state index < -0.39 is 5.54 Å². The van der Waals surface area contributed by atoms with Crippen LogP contribution >= 0.6 is 0 Å². The van der Waals surface area contributed by atoms with E-state index in [9.17, 15) is 9.59 Å². The summed E-state index contributed by atoms with van der Waals surface area (Å²) in [7, 11) is 3.70. The molecule has 8 heteroatoms. The number of pyridine rings is 1. The van der Waals surface area contributed by atoms with E-state index in [4.69, 9.17) is 4.74 Å². The predicted molar refractivity (Wildman–Crippen MR) is 134 cm³/mol. The topological polar surface area (TPSA) is 78.0 Å². The van der Waals surface area contributed by atoms with E-state index in [-0.39, 0.29) is 23.4 Å². The number of fused-ring (bicyclic) bond motifs is 1. The summed E-state index contributed by atoms with van der Waals surface area (Å²) >= 11 is 0. The zero-order valence-electron chi connectivity index (χ0n) is 21.2. The molecule has 34 heavy (non-hydrogen) atoms. The van der Waals surface area contributed by atoms with Gasteiger partial charge in [-0.3, -0.25) is 4.79 Å². The van der Waals surface area contributed by atoms with Gasteiger partial charge in [-0.25, -0.2) is 14.7 Å². The zero-order chi connectivity index (χ0) is 24.8. The highest BCUT2D eigenvalue weighted by Gasteiger charge is 2.52. The predicted octanol–water partition coefficient (Wildman–Crippen LogP) is 4.00. The first-order valence-electron chi connectivity index (χ1n) is 11.7. The van der Waals surface area contributed by atoms with Crippen molar-refractivity contribution >= 4 is 29.1 Å². The number of urea groups is 1. The zero-order valence-corrected chi connectivity index (χ0v) is 21.2. The van der Waals surface area contributed by atoms with E-state index in [1.54, 1.807) is 32.1 Å². The molecular weight excluding hydrogens is 430 g/mol. The maximum Gasteiger partial charge on any atom is 0.332 e. The van der Waals surface area contributed by atoms with E-state index in [0.717, 1.165) is 17.8 Å². The molecule has 3 amide bonds. The van der Waals surface area contributed by atoms with Gasteiger partial charge in [0.05, 0.1) is 12.3 Å². The van der Waals surface area contributed by atoms with Crippen LogP contribution in [0.1, 0.15) is 45.7 Å². The van der Waals surface area contributed by atoms with Crippen molar-refractivity contribution in [3.63, 3.8) is 0 Å². The number of imide groups is 1. The van der Waals surface area contributed by atoms with Crippen LogP contribution in [0.2, 0.25) is 0 Å². The van der Waals surface area contributed by atoms with E-state index in [1.807, 2.05) is 44.3 Å². The van der Waals surface area contributed by atoms with E-state index in [1.165, 1.54) is 10.5 Å². The van der Waals surface area contributed by atoms with Crippen LogP contribution in [0.25, 0.3) is 0 Å². The molecule has 0 bridgehead atoms. The second-order valence-corrected chi connectivity index (χ2v) is 10.6. The molecule has 1 atom stereocenters. The Hall–Kier alpha value is -3.13. The summed E-state index contributed by atoms with van der Waals surface area (Å²) in [6.45, 7) is 11.8. The summed E-state index contributed by atoms with van der Waals surface area (Å²) in [5.74, 6) is 0.484. The van der Waals surface area contributed by atoms with Crippen LogP contribution in [0.3, 0.4) is 0 Å². The molecule has 1 N–H and O–H groups in total. The Morgan fingerprint density at radius 3 is 2.59 bits per heavy atom. The Morgan fingerprint density at radius 1 is 1.15 bits per heavy atom. The van der Waals surface area contributed by atoms with Gasteiger partial charge in [0.1, 0.15) is 11.4 Å². The molecule has 1 saturated heterocycles. The number of rotatable bonds is 7. The van der Waals surface area contributed by atoms with Crippen molar-refractivity contribution in [2.45, 2.75) is 58.2 Å². The minimum absolute atomic E-state index is 0.0286. The average molecular weight is 466 g/mol. The maximum atomic E-state index is 13.6. The van der Waals surface area contributed by atoms with E-state index in [0.29, 0.717) is 24.7 Å². The number of nitrogens with one attached hydrogen (secondary N) is 1. The molecule has 0 radical (unpaired) electrons. The first kappa shape index (κ1) is 24.0. The Labute approximate surface area is 201 Å². The lowest BCUT2D eigenvalue weighted by atomic mass is 9.87. The van der Waals surface area contributed by atoms with Crippen LogP contribution in [0.15, 0.2) is 36.5 Å². The summed E-state index contributed by atoms with van der Waals surface area (Å²) < 4.78 is 5.18. The molecule has 0 aliphatic carbocycles. The lowest BCUT2D eigenvalue weighted by Gasteiger charge is -2.28. The van der Waals surface area contributed by atoms with Crippen molar-refractivity contribution in [1.29, 1.82) is 0 Å². The summed E-state index contributed by atoms with van der Waals surface area (Å²) in [6, 6.07) is 9.47. The first-order chi connectivity index (χ1) is 16.0. The van der Waals surface area contributed by atoms with Crippen LogP contribution in [0.4, 0.5) is 22.0 Å². The van der Waals surface area contributed by atoms with Gasteiger partial charge in [0.25, 0.3) is 5.91 Å². The highest BCUT2D eigenvalue weighted by molar-refractivity contribution is 6.23. The van der Waals surface area contributed by atoms with Gasteiger partial charge < -0.3 is 19.9 Å². The van der Waals surface area contributed by atoms with Crippen LogP contribution in [-0.2, 0) is 21.5 Å². The van der Waals surface area contributed by atoms with Crippen LogP contribution in [-0.4, -0.2) is 60.7 Å². The van der Waals surface area contributed by atoms with E-state index in [2.05, 4.69) is 29.0 Å². The minimum Gasteiger partial charge on any atom is -0.383 e. The molecule has 0 saturated carbocycles. The Morgan fingerprint density at radius 2 is 1.88 bits per heavy atom. The number of methoxy groups -OCH3 is 1. The molecular formula is C26H35N5O3. The molecule has 2 aliphatic rings. The van der Waals surface area contributed by atoms with E-state index >= 15 is 0 Å². The quantitative estimate of drug-likeness (QED) is 0.623. The van der Waals surface area contributed by atoms with Gasteiger partial charge in [0.15, 0.2) is 0 Å². The number of anilines is 3. The monoisotopic (exact) mass is 465 g/mol. The highest BCUT2D eigenvalue weighted by atomic mass is 16.5. The van der Waals surface area contributed by atoms with Gasteiger partial charge in [-0.2, -0.15) is 0 Å². The molecule has 4 rings (SSSR count). The molecule has 0 unspecified atom stereocenters. The number of nitrogens with zero attached hydrogens (tertiary/aromatic N) is 4. The first-order valence-corrected chi connectivity index (χ1v) is 11.7. The number of carbonyl (C=O) groups is 2. The number of amides is 3. The summed E-state index contributed by atoms with van der Waals surface area (Å²) in [4.78, 5) is 36.5. The number of hydrogen-bond acceptors (Lipinski definition) is 6. The fourth-order valence-electron chi connectivity index (χ4n) is 5.02. The molecule has 1 fully saturated rings. The number of benzene rings is 1. The van der Waals surface area contributed by atoms with Crippen LogP contribution in [0.5, 0.6) is 0 Å². The standard InChI is InChI=1S/C26H35N5O3/c1-17(15-34-7)28-22-12-18(10-11-27-22)14-30-24(33)31(23(32)26(30,4)5)19-8-9-20-21(13-19)29(6)16-25(20,2)3/h8-13,17H,14-16H2,1-7H3,(H,27,28)/t17-/m1/s1. The molecule has 182 valence electrons. The Bertz CT molecular complexity index is 1110. The molecule has 0 spiro atoms. The van der Waals surface area contributed by atoms with Gasteiger partial charge in [0.2, 0.25) is 0 Å². The number of hydrogen-bond donors (Lipinski definition) is 1. The lowest BCUT2D eigenvalue weighted by Crippen LogP contribution is -2.43. The second-order valence-electron chi connectivity index (χ2n) is 10.6.